The van der Waals surface area contributed by atoms with E-state index in [2.05, 4.69) is 9.97 Å². The molecule has 1 heterocycles. The third kappa shape index (κ3) is 2.99. The highest BCUT2D eigenvalue weighted by Gasteiger charge is 2.30. The second kappa shape index (κ2) is 5.63. The number of rotatable bonds is 5. The van der Waals surface area contributed by atoms with Crippen molar-refractivity contribution in [2.75, 3.05) is 0 Å². The quantitative estimate of drug-likeness (QED) is 0.854. The van der Waals surface area contributed by atoms with E-state index in [1.165, 1.54) is 6.20 Å². The zero-order valence-corrected chi connectivity index (χ0v) is 11.6. The fourth-order valence-corrected chi connectivity index (χ4v) is 2.78. The van der Waals surface area contributed by atoms with Crippen LogP contribution < -0.4 is 0 Å². The standard InChI is InChI=1S/C15H14N2O2S/c18-15(19)12-8-16-13(17-14(12)10-6-7-10)9-20-11-4-2-1-3-5-11/h1-5,8,10H,6-7,9H2,(H,18,19). The van der Waals surface area contributed by atoms with Crippen molar-refractivity contribution in [2.24, 2.45) is 0 Å². The van der Waals surface area contributed by atoms with Crippen LogP contribution in [0.5, 0.6) is 0 Å². The molecule has 1 aromatic carbocycles. The van der Waals surface area contributed by atoms with E-state index in [9.17, 15) is 4.79 Å². The second-order valence-electron chi connectivity index (χ2n) is 4.77. The summed E-state index contributed by atoms with van der Waals surface area (Å²) in [7, 11) is 0. The van der Waals surface area contributed by atoms with Crippen LogP contribution in [0.25, 0.3) is 0 Å². The Morgan fingerprint density at radius 1 is 1.30 bits per heavy atom. The lowest BCUT2D eigenvalue weighted by Gasteiger charge is -2.06. The van der Waals surface area contributed by atoms with E-state index in [0.717, 1.165) is 17.7 Å². The summed E-state index contributed by atoms with van der Waals surface area (Å²) < 4.78 is 0. The van der Waals surface area contributed by atoms with Gasteiger partial charge in [-0.15, -0.1) is 11.8 Å². The summed E-state index contributed by atoms with van der Waals surface area (Å²) in [5.74, 6) is 0.730. The van der Waals surface area contributed by atoms with Gasteiger partial charge < -0.3 is 5.11 Å². The summed E-state index contributed by atoms with van der Waals surface area (Å²) in [5, 5.41) is 9.16. The highest BCUT2D eigenvalue weighted by molar-refractivity contribution is 7.98. The molecule has 4 nitrogen and oxygen atoms in total. The first-order chi connectivity index (χ1) is 9.74. The van der Waals surface area contributed by atoms with Gasteiger partial charge in [0.05, 0.1) is 17.0 Å². The van der Waals surface area contributed by atoms with E-state index >= 15 is 0 Å². The van der Waals surface area contributed by atoms with Crippen molar-refractivity contribution in [1.82, 2.24) is 9.97 Å². The molecule has 0 bridgehead atoms. The smallest absolute Gasteiger partial charge is 0.339 e. The van der Waals surface area contributed by atoms with Crippen LogP contribution in [0.3, 0.4) is 0 Å². The maximum atomic E-state index is 11.2. The molecular weight excluding hydrogens is 272 g/mol. The van der Waals surface area contributed by atoms with Crippen molar-refractivity contribution < 1.29 is 9.90 Å². The van der Waals surface area contributed by atoms with Gasteiger partial charge in [-0.25, -0.2) is 14.8 Å². The zero-order valence-electron chi connectivity index (χ0n) is 10.8. The van der Waals surface area contributed by atoms with Crippen LogP contribution in [-0.4, -0.2) is 21.0 Å². The van der Waals surface area contributed by atoms with Crippen molar-refractivity contribution in [3.63, 3.8) is 0 Å². The summed E-state index contributed by atoms with van der Waals surface area (Å²) >= 11 is 1.66. The SMILES string of the molecule is O=C(O)c1cnc(CSc2ccccc2)nc1C1CC1. The van der Waals surface area contributed by atoms with Crippen LogP contribution in [-0.2, 0) is 5.75 Å². The first kappa shape index (κ1) is 13.1. The van der Waals surface area contributed by atoms with Gasteiger partial charge in [-0.3, -0.25) is 0 Å². The first-order valence-corrected chi connectivity index (χ1v) is 7.49. The predicted molar refractivity (Wildman–Crippen MR) is 77.0 cm³/mol. The first-order valence-electron chi connectivity index (χ1n) is 6.51. The van der Waals surface area contributed by atoms with Crippen LogP contribution >= 0.6 is 11.8 Å². The molecule has 0 spiro atoms. The van der Waals surface area contributed by atoms with Crippen molar-refractivity contribution in [1.29, 1.82) is 0 Å². The monoisotopic (exact) mass is 286 g/mol. The van der Waals surface area contributed by atoms with Crippen molar-refractivity contribution in [3.05, 3.63) is 53.6 Å². The van der Waals surface area contributed by atoms with E-state index in [1.54, 1.807) is 11.8 Å². The Balaban J connectivity index is 1.77. The van der Waals surface area contributed by atoms with Crippen LogP contribution in [0.15, 0.2) is 41.4 Å². The van der Waals surface area contributed by atoms with E-state index in [1.807, 2.05) is 30.3 Å². The van der Waals surface area contributed by atoms with E-state index in [0.29, 0.717) is 23.2 Å². The lowest BCUT2D eigenvalue weighted by molar-refractivity contribution is 0.0694. The molecule has 0 aliphatic heterocycles. The molecule has 0 amide bonds. The molecule has 2 aromatic rings. The van der Waals surface area contributed by atoms with Gasteiger partial charge >= 0.3 is 5.97 Å². The predicted octanol–water partition coefficient (Wildman–Crippen LogP) is 3.34. The summed E-state index contributed by atoms with van der Waals surface area (Å²) in [6.07, 6.45) is 3.51. The minimum absolute atomic E-state index is 0.251. The molecule has 1 aromatic heterocycles. The number of aromatic carboxylic acids is 1. The van der Waals surface area contributed by atoms with Crippen molar-refractivity contribution >= 4 is 17.7 Å². The van der Waals surface area contributed by atoms with Gasteiger partial charge in [-0.2, -0.15) is 0 Å². The fourth-order valence-electron chi connectivity index (χ4n) is 2.00. The molecule has 1 N–H and O–H groups in total. The normalized spacial score (nSPS) is 14.2. The van der Waals surface area contributed by atoms with Gasteiger partial charge in [0.25, 0.3) is 0 Å². The maximum absolute atomic E-state index is 11.2. The van der Waals surface area contributed by atoms with Gasteiger partial charge in [0.1, 0.15) is 5.82 Å². The lowest BCUT2D eigenvalue weighted by atomic mass is 10.1. The Morgan fingerprint density at radius 2 is 2.05 bits per heavy atom. The molecule has 0 unspecified atom stereocenters. The fraction of sp³-hybridized carbons (Fsp3) is 0.267. The number of hydrogen-bond acceptors (Lipinski definition) is 4. The molecular formula is C15H14N2O2S. The third-order valence-corrected chi connectivity index (χ3v) is 4.18. The Labute approximate surface area is 121 Å². The van der Waals surface area contributed by atoms with Gasteiger partial charge in [-0.1, -0.05) is 18.2 Å². The minimum atomic E-state index is -0.936. The van der Waals surface area contributed by atoms with Crippen molar-refractivity contribution in [2.45, 2.75) is 29.4 Å². The number of carbonyl (C=O) groups is 1. The van der Waals surface area contributed by atoms with Gasteiger partial charge in [0.15, 0.2) is 0 Å². The number of hydrogen-bond donors (Lipinski definition) is 1. The van der Waals surface area contributed by atoms with E-state index < -0.39 is 5.97 Å². The van der Waals surface area contributed by atoms with Gasteiger partial charge in [0, 0.05) is 17.0 Å². The maximum Gasteiger partial charge on any atom is 0.339 e. The van der Waals surface area contributed by atoms with Crippen LogP contribution in [0.1, 0.15) is 40.6 Å². The lowest BCUT2D eigenvalue weighted by Crippen LogP contribution is -2.07. The Bertz CT molecular complexity index is 627. The number of benzene rings is 1. The molecule has 3 rings (SSSR count). The Hall–Kier alpha value is -1.88. The number of thioether (sulfide) groups is 1. The van der Waals surface area contributed by atoms with Crippen molar-refractivity contribution in [3.8, 4) is 0 Å². The van der Waals surface area contributed by atoms with Crippen LogP contribution in [0, 0.1) is 0 Å². The minimum Gasteiger partial charge on any atom is -0.478 e. The highest BCUT2D eigenvalue weighted by atomic mass is 32.2. The molecule has 20 heavy (non-hydrogen) atoms. The molecule has 1 aliphatic rings. The number of carboxylic acids is 1. The second-order valence-corrected chi connectivity index (χ2v) is 5.82. The average Bonchev–Trinajstić information content (AvgIpc) is 3.30. The molecule has 1 aliphatic carbocycles. The molecule has 0 radical (unpaired) electrons. The number of carboxylic acid groups (broad SMARTS) is 1. The summed E-state index contributed by atoms with van der Waals surface area (Å²) in [6.45, 7) is 0. The third-order valence-electron chi connectivity index (χ3n) is 3.17. The van der Waals surface area contributed by atoms with Crippen LogP contribution in [0.2, 0.25) is 0 Å². The molecule has 0 saturated heterocycles. The van der Waals surface area contributed by atoms with Gasteiger partial charge in [0.2, 0.25) is 0 Å². The Kier molecular flexibility index (Phi) is 3.69. The summed E-state index contributed by atoms with van der Waals surface area (Å²) in [4.78, 5) is 20.9. The Morgan fingerprint density at radius 3 is 2.70 bits per heavy atom. The average molecular weight is 286 g/mol. The number of nitrogens with zero attached hydrogens (tertiary/aromatic N) is 2. The van der Waals surface area contributed by atoms with E-state index in [-0.39, 0.29) is 5.56 Å². The summed E-state index contributed by atoms with van der Waals surface area (Å²) in [6, 6.07) is 10.0. The molecule has 102 valence electrons. The molecule has 5 heteroatoms. The zero-order chi connectivity index (χ0) is 13.9. The van der Waals surface area contributed by atoms with E-state index in [4.69, 9.17) is 5.11 Å². The van der Waals surface area contributed by atoms with Crippen LogP contribution in [0.4, 0.5) is 0 Å². The molecule has 0 atom stereocenters. The van der Waals surface area contributed by atoms with Gasteiger partial charge in [-0.05, 0) is 25.0 Å². The molecule has 1 fully saturated rings. The topological polar surface area (TPSA) is 63.1 Å². The largest absolute Gasteiger partial charge is 0.478 e. The molecule has 1 saturated carbocycles. The highest BCUT2D eigenvalue weighted by Crippen LogP contribution is 2.40. The summed E-state index contributed by atoms with van der Waals surface area (Å²) in [5.41, 5.74) is 0.956. The number of aromatic nitrogens is 2.